The molecule has 3 nitrogen and oxygen atoms in total. The SMILES string of the molecule is Cc1cccc(C#N)c1Nc1ccc(F)c(C#N)c1. The van der Waals surface area contributed by atoms with Gasteiger partial charge in [0.2, 0.25) is 0 Å². The third kappa shape index (κ3) is 2.53. The van der Waals surface area contributed by atoms with E-state index in [4.69, 9.17) is 10.5 Å². The van der Waals surface area contributed by atoms with Crippen LogP contribution < -0.4 is 5.32 Å². The molecular formula is C15H10FN3. The summed E-state index contributed by atoms with van der Waals surface area (Å²) in [7, 11) is 0. The molecule has 0 aliphatic heterocycles. The Labute approximate surface area is 110 Å². The summed E-state index contributed by atoms with van der Waals surface area (Å²) in [6, 6.07) is 13.4. The first kappa shape index (κ1) is 12.6. The Morgan fingerprint density at radius 3 is 2.47 bits per heavy atom. The molecule has 19 heavy (non-hydrogen) atoms. The molecule has 0 amide bonds. The lowest BCUT2D eigenvalue weighted by Gasteiger charge is -2.11. The molecule has 1 N–H and O–H groups in total. The Balaban J connectivity index is 2.43. The van der Waals surface area contributed by atoms with Crippen molar-refractivity contribution in [1.82, 2.24) is 0 Å². The van der Waals surface area contributed by atoms with E-state index >= 15 is 0 Å². The molecule has 0 saturated heterocycles. The van der Waals surface area contributed by atoms with Crippen LogP contribution in [0.5, 0.6) is 0 Å². The maximum absolute atomic E-state index is 13.2. The average Bonchev–Trinajstić information content (AvgIpc) is 2.43. The number of anilines is 2. The zero-order valence-corrected chi connectivity index (χ0v) is 10.2. The lowest BCUT2D eigenvalue weighted by atomic mass is 10.1. The average molecular weight is 251 g/mol. The number of para-hydroxylation sites is 1. The number of benzene rings is 2. The van der Waals surface area contributed by atoms with Crippen molar-refractivity contribution in [3.8, 4) is 12.1 Å². The zero-order valence-electron chi connectivity index (χ0n) is 10.2. The van der Waals surface area contributed by atoms with Crippen LogP contribution in [0.4, 0.5) is 15.8 Å². The standard InChI is InChI=1S/C15H10FN3/c1-10-3-2-4-11(8-17)15(10)19-13-5-6-14(16)12(7-13)9-18/h2-7,19H,1H3. The van der Waals surface area contributed by atoms with Crippen molar-refractivity contribution < 1.29 is 4.39 Å². The predicted octanol–water partition coefficient (Wildman–Crippen LogP) is 3.62. The molecule has 0 bridgehead atoms. The molecule has 92 valence electrons. The van der Waals surface area contributed by atoms with Crippen LogP contribution in [0.1, 0.15) is 16.7 Å². The third-order valence-electron chi connectivity index (χ3n) is 2.75. The van der Waals surface area contributed by atoms with E-state index in [1.807, 2.05) is 13.0 Å². The summed E-state index contributed by atoms with van der Waals surface area (Å²) in [6.45, 7) is 1.87. The van der Waals surface area contributed by atoms with Crippen molar-refractivity contribution in [1.29, 1.82) is 10.5 Å². The van der Waals surface area contributed by atoms with E-state index in [0.717, 1.165) is 5.56 Å². The van der Waals surface area contributed by atoms with Gasteiger partial charge in [0.25, 0.3) is 0 Å². The lowest BCUT2D eigenvalue weighted by molar-refractivity contribution is 0.624. The van der Waals surface area contributed by atoms with Crippen molar-refractivity contribution in [2.24, 2.45) is 0 Å². The summed E-state index contributed by atoms with van der Waals surface area (Å²) >= 11 is 0. The number of rotatable bonds is 2. The Morgan fingerprint density at radius 2 is 1.79 bits per heavy atom. The van der Waals surface area contributed by atoms with Crippen molar-refractivity contribution >= 4 is 11.4 Å². The van der Waals surface area contributed by atoms with Crippen LogP contribution in [-0.4, -0.2) is 0 Å². The second-order valence-corrected chi connectivity index (χ2v) is 4.04. The van der Waals surface area contributed by atoms with Gasteiger partial charge >= 0.3 is 0 Å². The highest BCUT2D eigenvalue weighted by Crippen LogP contribution is 2.25. The van der Waals surface area contributed by atoms with Gasteiger partial charge in [-0.2, -0.15) is 10.5 Å². The second-order valence-electron chi connectivity index (χ2n) is 4.04. The van der Waals surface area contributed by atoms with Gasteiger partial charge in [-0.1, -0.05) is 12.1 Å². The van der Waals surface area contributed by atoms with Gasteiger partial charge in [-0.25, -0.2) is 4.39 Å². The fraction of sp³-hybridized carbons (Fsp3) is 0.0667. The molecule has 0 fully saturated rings. The van der Waals surface area contributed by atoms with E-state index in [1.165, 1.54) is 18.2 Å². The van der Waals surface area contributed by atoms with Crippen LogP contribution in [0.2, 0.25) is 0 Å². The summed E-state index contributed by atoms with van der Waals surface area (Å²) in [5, 5.41) is 20.9. The number of nitrogens with zero attached hydrogens (tertiary/aromatic N) is 2. The molecular weight excluding hydrogens is 241 g/mol. The summed E-state index contributed by atoms with van der Waals surface area (Å²) < 4.78 is 13.2. The summed E-state index contributed by atoms with van der Waals surface area (Å²) in [5.41, 5.74) is 2.62. The molecule has 4 heteroatoms. The molecule has 0 spiro atoms. The van der Waals surface area contributed by atoms with E-state index in [9.17, 15) is 4.39 Å². The number of halogens is 1. The van der Waals surface area contributed by atoms with Crippen LogP contribution >= 0.6 is 0 Å². The topological polar surface area (TPSA) is 59.6 Å². The molecule has 0 aliphatic carbocycles. The number of aryl methyl sites for hydroxylation is 1. The lowest BCUT2D eigenvalue weighted by Crippen LogP contribution is -1.97. The van der Waals surface area contributed by atoms with Gasteiger partial charge in [-0.3, -0.25) is 0 Å². The molecule has 0 heterocycles. The van der Waals surface area contributed by atoms with Gasteiger partial charge in [0, 0.05) is 5.69 Å². The number of hydrogen-bond acceptors (Lipinski definition) is 3. The van der Waals surface area contributed by atoms with Crippen LogP contribution in [0.3, 0.4) is 0 Å². The fourth-order valence-electron chi connectivity index (χ4n) is 1.76. The summed E-state index contributed by atoms with van der Waals surface area (Å²) in [6.07, 6.45) is 0. The normalized spacial score (nSPS) is 9.47. The van der Waals surface area contributed by atoms with Gasteiger partial charge < -0.3 is 5.32 Å². The Kier molecular flexibility index (Phi) is 3.45. The highest BCUT2D eigenvalue weighted by molar-refractivity contribution is 5.70. The molecule has 2 aromatic rings. The van der Waals surface area contributed by atoms with E-state index in [0.29, 0.717) is 16.9 Å². The van der Waals surface area contributed by atoms with Gasteiger partial charge in [-0.15, -0.1) is 0 Å². The van der Waals surface area contributed by atoms with Crippen LogP contribution in [-0.2, 0) is 0 Å². The van der Waals surface area contributed by atoms with E-state index in [1.54, 1.807) is 18.2 Å². The monoisotopic (exact) mass is 251 g/mol. The summed E-state index contributed by atoms with van der Waals surface area (Å²) in [4.78, 5) is 0. The number of hydrogen-bond donors (Lipinski definition) is 1. The van der Waals surface area contributed by atoms with Gasteiger partial charge in [0.15, 0.2) is 0 Å². The van der Waals surface area contributed by atoms with Gasteiger partial charge in [-0.05, 0) is 36.8 Å². The van der Waals surface area contributed by atoms with Crippen LogP contribution in [0.25, 0.3) is 0 Å². The highest BCUT2D eigenvalue weighted by atomic mass is 19.1. The maximum Gasteiger partial charge on any atom is 0.141 e. The van der Waals surface area contributed by atoms with Gasteiger partial charge in [0.05, 0.1) is 16.8 Å². The molecule has 2 aromatic carbocycles. The first-order chi connectivity index (χ1) is 9.15. The first-order valence-corrected chi connectivity index (χ1v) is 5.62. The van der Waals surface area contributed by atoms with E-state index in [-0.39, 0.29) is 5.56 Å². The van der Waals surface area contributed by atoms with Crippen molar-refractivity contribution in [2.45, 2.75) is 6.92 Å². The fourth-order valence-corrected chi connectivity index (χ4v) is 1.76. The Morgan fingerprint density at radius 1 is 1.05 bits per heavy atom. The molecule has 0 aromatic heterocycles. The minimum Gasteiger partial charge on any atom is -0.354 e. The second kappa shape index (κ2) is 5.20. The molecule has 2 rings (SSSR count). The predicted molar refractivity (Wildman–Crippen MR) is 70.3 cm³/mol. The molecule has 0 aliphatic rings. The third-order valence-corrected chi connectivity index (χ3v) is 2.75. The highest BCUT2D eigenvalue weighted by Gasteiger charge is 2.07. The minimum atomic E-state index is -0.557. The van der Waals surface area contributed by atoms with Gasteiger partial charge in [0.1, 0.15) is 18.0 Å². The minimum absolute atomic E-state index is 0.0305. The Bertz CT molecular complexity index is 708. The molecule has 0 unspecified atom stereocenters. The zero-order chi connectivity index (χ0) is 13.8. The van der Waals surface area contributed by atoms with E-state index < -0.39 is 5.82 Å². The largest absolute Gasteiger partial charge is 0.354 e. The summed E-state index contributed by atoms with van der Waals surface area (Å²) in [5.74, 6) is -0.557. The van der Waals surface area contributed by atoms with Crippen molar-refractivity contribution in [3.05, 3.63) is 58.9 Å². The first-order valence-electron chi connectivity index (χ1n) is 5.62. The van der Waals surface area contributed by atoms with Crippen LogP contribution in [0.15, 0.2) is 36.4 Å². The van der Waals surface area contributed by atoms with Crippen molar-refractivity contribution in [2.75, 3.05) is 5.32 Å². The molecule has 0 saturated carbocycles. The van der Waals surface area contributed by atoms with E-state index in [2.05, 4.69) is 11.4 Å². The van der Waals surface area contributed by atoms with Crippen LogP contribution in [0, 0.1) is 35.4 Å². The molecule has 0 atom stereocenters. The maximum atomic E-state index is 13.2. The number of nitrogens with one attached hydrogen (secondary N) is 1. The number of nitriles is 2. The molecule has 0 radical (unpaired) electrons. The smallest absolute Gasteiger partial charge is 0.141 e. The quantitative estimate of drug-likeness (QED) is 0.886. The Hall–Kier alpha value is -2.85. The van der Waals surface area contributed by atoms with Crippen molar-refractivity contribution in [3.63, 3.8) is 0 Å².